The first-order valence-electron chi connectivity index (χ1n) is 8.15. The smallest absolute Gasteiger partial charge is 0.271 e. The molecule has 4 nitrogen and oxygen atoms in total. The van der Waals surface area contributed by atoms with Crippen LogP contribution in [0.5, 0.6) is 5.75 Å². The SMILES string of the molecule is COc1ccccc1C=CC=NNC(=O)c1ccc(C(C)(C)C)cc1. The summed E-state index contributed by atoms with van der Waals surface area (Å²) in [6.07, 6.45) is 5.15. The summed E-state index contributed by atoms with van der Waals surface area (Å²) in [6, 6.07) is 15.3. The van der Waals surface area contributed by atoms with Crippen LogP contribution in [0, 0.1) is 0 Å². The predicted octanol–water partition coefficient (Wildman–Crippen LogP) is 4.42. The molecule has 0 aliphatic heterocycles. The Morgan fingerprint density at radius 3 is 2.40 bits per heavy atom. The van der Waals surface area contributed by atoms with Gasteiger partial charge in [0.05, 0.1) is 7.11 Å². The average Bonchev–Trinajstić information content (AvgIpc) is 2.61. The molecule has 0 heterocycles. The molecular weight excluding hydrogens is 312 g/mol. The Kier molecular flexibility index (Phi) is 6.12. The van der Waals surface area contributed by atoms with Gasteiger partial charge in [0.15, 0.2) is 0 Å². The van der Waals surface area contributed by atoms with E-state index in [-0.39, 0.29) is 11.3 Å². The van der Waals surface area contributed by atoms with E-state index in [1.807, 2.05) is 54.6 Å². The van der Waals surface area contributed by atoms with Gasteiger partial charge in [0.25, 0.3) is 5.91 Å². The molecule has 0 atom stereocenters. The zero-order valence-corrected chi connectivity index (χ0v) is 15.1. The molecule has 0 unspecified atom stereocenters. The lowest BCUT2D eigenvalue weighted by Crippen LogP contribution is -2.18. The molecule has 0 aromatic heterocycles. The number of hydrogen-bond acceptors (Lipinski definition) is 3. The lowest BCUT2D eigenvalue weighted by atomic mass is 9.87. The quantitative estimate of drug-likeness (QED) is 0.649. The normalized spacial score (nSPS) is 11.8. The minimum Gasteiger partial charge on any atom is -0.496 e. The molecule has 2 aromatic carbocycles. The minimum atomic E-state index is -0.234. The second kappa shape index (κ2) is 8.29. The van der Waals surface area contributed by atoms with Crippen molar-refractivity contribution in [3.8, 4) is 5.75 Å². The van der Waals surface area contributed by atoms with Gasteiger partial charge in [-0.15, -0.1) is 0 Å². The molecule has 4 heteroatoms. The number of carbonyl (C=O) groups excluding carboxylic acids is 1. The van der Waals surface area contributed by atoms with Crippen molar-refractivity contribution in [2.24, 2.45) is 5.10 Å². The first-order chi connectivity index (χ1) is 11.9. The first-order valence-corrected chi connectivity index (χ1v) is 8.15. The van der Waals surface area contributed by atoms with Crippen molar-refractivity contribution < 1.29 is 9.53 Å². The zero-order chi connectivity index (χ0) is 18.3. The molecule has 0 aliphatic rings. The van der Waals surface area contributed by atoms with E-state index in [4.69, 9.17) is 4.74 Å². The Balaban J connectivity index is 1.93. The molecule has 0 bridgehead atoms. The van der Waals surface area contributed by atoms with Crippen LogP contribution in [-0.2, 0) is 5.41 Å². The van der Waals surface area contributed by atoms with E-state index >= 15 is 0 Å². The number of carbonyl (C=O) groups is 1. The maximum atomic E-state index is 12.1. The molecule has 1 N–H and O–H groups in total. The molecule has 0 spiro atoms. The number of nitrogens with zero attached hydrogens (tertiary/aromatic N) is 1. The zero-order valence-electron chi connectivity index (χ0n) is 15.1. The Bertz CT molecular complexity index is 769. The molecule has 130 valence electrons. The van der Waals surface area contributed by atoms with Gasteiger partial charge in [0, 0.05) is 17.3 Å². The second-order valence-electron chi connectivity index (χ2n) is 6.65. The van der Waals surface area contributed by atoms with Crippen molar-refractivity contribution in [1.82, 2.24) is 5.43 Å². The highest BCUT2D eigenvalue weighted by Crippen LogP contribution is 2.22. The summed E-state index contributed by atoms with van der Waals surface area (Å²) in [5.41, 5.74) is 5.30. The van der Waals surface area contributed by atoms with Crippen molar-refractivity contribution in [3.05, 3.63) is 71.3 Å². The highest BCUT2D eigenvalue weighted by Gasteiger charge is 2.13. The van der Waals surface area contributed by atoms with E-state index in [1.54, 1.807) is 13.2 Å². The molecule has 2 aromatic rings. The van der Waals surface area contributed by atoms with E-state index in [9.17, 15) is 4.79 Å². The maximum absolute atomic E-state index is 12.1. The lowest BCUT2D eigenvalue weighted by Gasteiger charge is -2.18. The summed E-state index contributed by atoms with van der Waals surface area (Å²) in [6.45, 7) is 6.42. The van der Waals surface area contributed by atoms with Gasteiger partial charge in [-0.3, -0.25) is 4.79 Å². The number of benzene rings is 2. The van der Waals surface area contributed by atoms with Crippen molar-refractivity contribution in [1.29, 1.82) is 0 Å². The summed E-state index contributed by atoms with van der Waals surface area (Å²) >= 11 is 0. The van der Waals surface area contributed by atoms with Crippen molar-refractivity contribution in [3.63, 3.8) is 0 Å². The monoisotopic (exact) mass is 336 g/mol. The summed E-state index contributed by atoms with van der Waals surface area (Å²) in [7, 11) is 1.63. The van der Waals surface area contributed by atoms with Crippen molar-refractivity contribution in [2.75, 3.05) is 7.11 Å². The molecule has 0 aliphatic carbocycles. The van der Waals surface area contributed by atoms with Crippen molar-refractivity contribution >= 4 is 18.2 Å². The molecule has 0 saturated carbocycles. The van der Waals surface area contributed by atoms with Crippen LogP contribution in [0.25, 0.3) is 6.08 Å². The van der Waals surface area contributed by atoms with Gasteiger partial charge in [-0.25, -0.2) is 5.43 Å². The molecule has 0 radical (unpaired) electrons. The highest BCUT2D eigenvalue weighted by molar-refractivity contribution is 5.94. The molecular formula is C21H24N2O2. The summed E-state index contributed by atoms with van der Waals surface area (Å²) < 4.78 is 5.27. The van der Waals surface area contributed by atoms with E-state index < -0.39 is 0 Å². The number of amides is 1. The van der Waals surface area contributed by atoms with Gasteiger partial charge in [0.1, 0.15) is 5.75 Å². The van der Waals surface area contributed by atoms with Gasteiger partial charge in [-0.1, -0.05) is 51.1 Å². The fourth-order valence-corrected chi connectivity index (χ4v) is 2.28. The number of nitrogens with one attached hydrogen (secondary N) is 1. The van der Waals surface area contributed by atoms with Crippen LogP contribution in [0.1, 0.15) is 42.3 Å². The molecule has 25 heavy (non-hydrogen) atoms. The second-order valence-corrected chi connectivity index (χ2v) is 6.65. The molecule has 0 saturated heterocycles. The minimum absolute atomic E-state index is 0.0659. The van der Waals surface area contributed by atoms with E-state index in [0.717, 1.165) is 11.3 Å². The summed E-state index contributed by atoms with van der Waals surface area (Å²) in [4.78, 5) is 12.1. The lowest BCUT2D eigenvalue weighted by molar-refractivity contribution is 0.0955. The Labute approximate surface area is 149 Å². The largest absolute Gasteiger partial charge is 0.496 e. The standard InChI is InChI=1S/C21H24N2O2/c1-21(2,3)18-13-11-17(12-14-18)20(24)23-22-15-7-9-16-8-5-6-10-19(16)25-4/h5-15H,1-4H3,(H,23,24). The van der Waals surface area contributed by atoms with Crippen LogP contribution < -0.4 is 10.2 Å². The van der Waals surface area contributed by atoms with Gasteiger partial charge in [-0.05, 0) is 41.3 Å². The number of hydrogen-bond donors (Lipinski definition) is 1. The van der Waals surface area contributed by atoms with Gasteiger partial charge < -0.3 is 4.74 Å². The van der Waals surface area contributed by atoms with Crippen LogP contribution in [0.2, 0.25) is 0 Å². The number of allylic oxidation sites excluding steroid dienone is 1. The average molecular weight is 336 g/mol. The van der Waals surface area contributed by atoms with Crippen LogP contribution >= 0.6 is 0 Å². The van der Waals surface area contributed by atoms with Crippen LogP contribution in [0.3, 0.4) is 0 Å². The van der Waals surface area contributed by atoms with Gasteiger partial charge >= 0.3 is 0 Å². The van der Waals surface area contributed by atoms with E-state index in [1.165, 1.54) is 11.8 Å². The molecule has 1 amide bonds. The van der Waals surface area contributed by atoms with Gasteiger partial charge in [0.2, 0.25) is 0 Å². The van der Waals surface area contributed by atoms with Crippen LogP contribution in [0.4, 0.5) is 0 Å². The third-order valence-electron chi connectivity index (χ3n) is 3.75. The predicted molar refractivity (Wildman–Crippen MR) is 103 cm³/mol. The summed E-state index contributed by atoms with van der Waals surface area (Å²) in [5.74, 6) is 0.553. The van der Waals surface area contributed by atoms with Crippen LogP contribution in [0.15, 0.2) is 59.7 Å². The fraction of sp³-hybridized carbons (Fsp3) is 0.238. The number of rotatable bonds is 5. The van der Waals surface area contributed by atoms with Gasteiger partial charge in [-0.2, -0.15) is 5.10 Å². The molecule has 0 fully saturated rings. The number of ether oxygens (including phenoxy) is 1. The van der Waals surface area contributed by atoms with Crippen LogP contribution in [-0.4, -0.2) is 19.2 Å². The Morgan fingerprint density at radius 1 is 1.08 bits per heavy atom. The topological polar surface area (TPSA) is 50.7 Å². The Hall–Kier alpha value is -2.88. The molecule has 2 rings (SSSR count). The summed E-state index contributed by atoms with van der Waals surface area (Å²) in [5, 5.41) is 3.94. The first kappa shape index (κ1) is 18.5. The van der Waals surface area contributed by atoms with Crippen molar-refractivity contribution in [2.45, 2.75) is 26.2 Å². The fourth-order valence-electron chi connectivity index (χ4n) is 2.28. The highest BCUT2D eigenvalue weighted by atomic mass is 16.5. The van der Waals surface area contributed by atoms with E-state index in [2.05, 4.69) is 31.3 Å². The number of para-hydroxylation sites is 1. The number of hydrazone groups is 1. The number of methoxy groups -OCH3 is 1. The Morgan fingerprint density at radius 2 is 1.76 bits per heavy atom. The third kappa shape index (κ3) is 5.31. The maximum Gasteiger partial charge on any atom is 0.271 e. The van der Waals surface area contributed by atoms with E-state index in [0.29, 0.717) is 5.56 Å². The third-order valence-corrected chi connectivity index (χ3v) is 3.75.